The van der Waals surface area contributed by atoms with Crippen molar-refractivity contribution in [1.82, 2.24) is 14.7 Å². The number of carboxylic acids is 3. The molecule has 32 heavy (non-hydrogen) atoms. The molecule has 13 heteroatoms. The molecule has 0 aliphatic heterocycles. The molecule has 0 aliphatic carbocycles. The van der Waals surface area contributed by atoms with Gasteiger partial charge < -0.3 is 24.8 Å². The van der Waals surface area contributed by atoms with Gasteiger partial charge in [-0.2, -0.15) is 0 Å². The maximum Gasteiger partial charge on any atom is 0.330 e. The molecule has 0 aromatic heterocycles. The lowest BCUT2D eigenvalue weighted by atomic mass is 10.3. The normalized spacial score (nSPS) is 10.9. The zero-order valence-electron chi connectivity index (χ0n) is 18.1. The van der Waals surface area contributed by atoms with Crippen molar-refractivity contribution in [1.29, 1.82) is 0 Å². The highest BCUT2D eigenvalue weighted by molar-refractivity contribution is 5.81. The predicted octanol–water partition coefficient (Wildman–Crippen LogP) is -1.56. The quantitative estimate of drug-likeness (QED) is 0.114. The Hall–Kier alpha value is -3.03. The summed E-state index contributed by atoms with van der Waals surface area (Å²) in [4.78, 5) is 60.4. The second kappa shape index (κ2) is 16.6. The van der Waals surface area contributed by atoms with E-state index in [4.69, 9.17) is 20.1 Å². The molecule has 0 spiro atoms. The number of hydrogen-bond donors (Lipinski definition) is 3. The van der Waals surface area contributed by atoms with Crippen molar-refractivity contribution >= 4 is 29.8 Å². The van der Waals surface area contributed by atoms with Crippen LogP contribution in [-0.2, 0) is 33.4 Å². The number of hydrogen-bond acceptors (Lipinski definition) is 10. The lowest BCUT2D eigenvalue weighted by molar-refractivity contribution is -0.151. The van der Waals surface area contributed by atoms with Crippen LogP contribution in [0.4, 0.5) is 0 Å². The van der Waals surface area contributed by atoms with Crippen LogP contribution in [0.2, 0.25) is 0 Å². The molecule has 0 saturated carbocycles. The SMILES string of the molecule is C=CC(=O)OCCOC(=O)CN(CCN(CCN(CC)CC(=O)O)CC(=O)O)CC(=O)O. The maximum absolute atomic E-state index is 11.9. The van der Waals surface area contributed by atoms with Gasteiger partial charge in [0.1, 0.15) is 13.2 Å². The Balaban J connectivity index is 4.75. The first-order valence-electron chi connectivity index (χ1n) is 9.84. The summed E-state index contributed by atoms with van der Waals surface area (Å²) in [6, 6.07) is 0. The molecule has 0 heterocycles. The lowest BCUT2D eigenvalue weighted by Crippen LogP contribution is -2.45. The van der Waals surface area contributed by atoms with Gasteiger partial charge in [-0.25, -0.2) is 4.79 Å². The van der Waals surface area contributed by atoms with E-state index < -0.39 is 36.4 Å². The topological polar surface area (TPSA) is 174 Å². The van der Waals surface area contributed by atoms with Gasteiger partial charge in [-0.05, 0) is 6.54 Å². The lowest BCUT2D eigenvalue weighted by Gasteiger charge is -2.27. The Labute approximate surface area is 185 Å². The summed E-state index contributed by atoms with van der Waals surface area (Å²) >= 11 is 0. The van der Waals surface area contributed by atoms with E-state index in [1.807, 2.05) is 0 Å². The van der Waals surface area contributed by atoms with Crippen LogP contribution in [0.3, 0.4) is 0 Å². The molecule has 0 bridgehead atoms. The maximum atomic E-state index is 11.9. The van der Waals surface area contributed by atoms with Gasteiger partial charge in [0.2, 0.25) is 0 Å². The van der Waals surface area contributed by atoms with Crippen molar-refractivity contribution in [2.45, 2.75) is 6.92 Å². The number of ether oxygens (including phenoxy) is 2. The molecule has 0 unspecified atom stereocenters. The standard InChI is InChI=1S/C19H31N3O10/c1-3-18(29)31-9-10-32-19(30)14-22(13-17(27)28)8-7-21(12-16(25)26)6-5-20(4-2)11-15(23)24/h3H,1,4-14H2,2H3,(H,23,24)(H,25,26)(H,27,28). The van der Waals surface area contributed by atoms with Crippen molar-refractivity contribution in [3.8, 4) is 0 Å². The minimum absolute atomic E-state index is 0.0607. The highest BCUT2D eigenvalue weighted by Gasteiger charge is 2.18. The van der Waals surface area contributed by atoms with Crippen molar-refractivity contribution in [3.63, 3.8) is 0 Å². The van der Waals surface area contributed by atoms with Crippen LogP contribution in [0, 0.1) is 0 Å². The molecule has 13 nitrogen and oxygen atoms in total. The third-order valence-electron chi connectivity index (χ3n) is 4.10. The number of aliphatic carboxylic acids is 3. The first-order chi connectivity index (χ1) is 15.1. The van der Waals surface area contributed by atoms with Crippen LogP contribution in [0.5, 0.6) is 0 Å². The minimum Gasteiger partial charge on any atom is -0.480 e. The van der Waals surface area contributed by atoms with Crippen LogP contribution in [0.25, 0.3) is 0 Å². The fraction of sp³-hybridized carbons (Fsp3) is 0.632. The van der Waals surface area contributed by atoms with Gasteiger partial charge in [-0.3, -0.25) is 33.9 Å². The van der Waals surface area contributed by atoms with E-state index in [0.717, 1.165) is 6.08 Å². The Morgan fingerprint density at radius 3 is 1.66 bits per heavy atom. The number of carbonyl (C=O) groups is 5. The number of esters is 2. The highest BCUT2D eigenvalue weighted by Crippen LogP contribution is 1.98. The van der Waals surface area contributed by atoms with Crippen molar-refractivity contribution in [2.24, 2.45) is 0 Å². The van der Waals surface area contributed by atoms with E-state index in [9.17, 15) is 24.0 Å². The third kappa shape index (κ3) is 15.8. The number of nitrogens with zero attached hydrogens (tertiary/aromatic N) is 3. The number of carbonyl (C=O) groups excluding carboxylic acids is 2. The van der Waals surface area contributed by atoms with Gasteiger partial charge in [-0.15, -0.1) is 0 Å². The van der Waals surface area contributed by atoms with E-state index in [2.05, 4.69) is 11.3 Å². The monoisotopic (exact) mass is 461 g/mol. The van der Waals surface area contributed by atoms with Crippen molar-refractivity contribution < 1.29 is 48.8 Å². The molecule has 0 aliphatic rings. The second-order valence-electron chi connectivity index (χ2n) is 6.63. The summed E-state index contributed by atoms with van der Waals surface area (Å²) in [7, 11) is 0. The van der Waals surface area contributed by atoms with Gasteiger partial charge in [0.25, 0.3) is 0 Å². The Kier molecular flexibility index (Phi) is 15.1. The van der Waals surface area contributed by atoms with Crippen LogP contribution in [0.1, 0.15) is 6.92 Å². The number of rotatable bonds is 19. The first-order valence-corrected chi connectivity index (χ1v) is 9.84. The molecular formula is C19H31N3O10. The predicted molar refractivity (Wildman–Crippen MR) is 110 cm³/mol. The summed E-state index contributed by atoms with van der Waals surface area (Å²) in [5.41, 5.74) is 0. The van der Waals surface area contributed by atoms with E-state index in [-0.39, 0.29) is 52.5 Å². The summed E-state index contributed by atoms with van der Waals surface area (Å²) < 4.78 is 9.56. The smallest absolute Gasteiger partial charge is 0.330 e. The molecule has 0 aromatic rings. The molecule has 0 fully saturated rings. The average Bonchev–Trinajstić information content (AvgIpc) is 2.70. The zero-order valence-corrected chi connectivity index (χ0v) is 18.1. The molecule has 0 aromatic carbocycles. The average molecular weight is 461 g/mol. The molecule has 0 saturated heterocycles. The van der Waals surface area contributed by atoms with Gasteiger partial charge in [0.05, 0.1) is 26.2 Å². The summed E-state index contributed by atoms with van der Waals surface area (Å²) in [6.45, 7) is 4.49. The molecule has 3 N–H and O–H groups in total. The number of carboxylic acid groups (broad SMARTS) is 3. The van der Waals surface area contributed by atoms with E-state index >= 15 is 0 Å². The summed E-state index contributed by atoms with van der Waals surface area (Å²) in [6.07, 6.45) is 0.959. The Bertz CT molecular complexity index is 655. The summed E-state index contributed by atoms with van der Waals surface area (Å²) in [5, 5.41) is 27.1. The van der Waals surface area contributed by atoms with Crippen LogP contribution in [0.15, 0.2) is 12.7 Å². The van der Waals surface area contributed by atoms with Gasteiger partial charge >= 0.3 is 29.8 Å². The highest BCUT2D eigenvalue weighted by atomic mass is 16.6. The van der Waals surface area contributed by atoms with Crippen LogP contribution < -0.4 is 0 Å². The Morgan fingerprint density at radius 2 is 1.16 bits per heavy atom. The molecule has 182 valence electrons. The van der Waals surface area contributed by atoms with Crippen LogP contribution >= 0.6 is 0 Å². The Morgan fingerprint density at radius 1 is 0.719 bits per heavy atom. The molecule has 0 atom stereocenters. The fourth-order valence-corrected chi connectivity index (χ4v) is 2.56. The minimum atomic E-state index is -1.18. The van der Waals surface area contributed by atoms with Gasteiger partial charge in [0.15, 0.2) is 0 Å². The first kappa shape index (κ1) is 29.0. The molecule has 0 rings (SSSR count). The van der Waals surface area contributed by atoms with Crippen molar-refractivity contribution in [2.75, 3.05) is 72.1 Å². The third-order valence-corrected chi connectivity index (χ3v) is 4.10. The van der Waals surface area contributed by atoms with E-state index in [1.54, 1.807) is 11.8 Å². The zero-order chi connectivity index (χ0) is 24.5. The van der Waals surface area contributed by atoms with E-state index in [1.165, 1.54) is 9.80 Å². The van der Waals surface area contributed by atoms with E-state index in [0.29, 0.717) is 13.1 Å². The molecule has 0 amide bonds. The largest absolute Gasteiger partial charge is 0.480 e. The molecule has 0 radical (unpaired) electrons. The number of likely N-dealkylation sites (N-methyl/N-ethyl adjacent to an activating group) is 1. The fourth-order valence-electron chi connectivity index (χ4n) is 2.56. The summed E-state index contributed by atoms with van der Waals surface area (Å²) in [5.74, 6) is -4.67. The van der Waals surface area contributed by atoms with Gasteiger partial charge in [-0.1, -0.05) is 13.5 Å². The van der Waals surface area contributed by atoms with Crippen molar-refractivity contribution in [3.05, 3.63) is 12.7 Å². The van der Waals surface area contributed by atoms with Gasteiger partial charge in [0, 0.05) is 32.3 Å². The van der Waals surface area contributed by atoms with Crippen LogP contribution in [-0.4, -0.2) is 132 Å². The second-order valence-corrected chi connectivity index (χ2v) is 6.63. The molecular weight excluding hydrogens is 430 g/mol.